The monoisotopic (exact) mass is 750 g/mol. The number of Topliss-reactive ketones (excluding diaryl/α,β-unsaturated/α-hetero) is 1. The summed E-state index contributed by atoms with van der Waals surface area (Å²) < 4.78 is 75.2. The highest BCUT2D eigenvalue weighted by Crippen LogP contribution is 2.57. The van der Waals surface area contributed by atoms with Crippen molar-refractivity contribution >= 4 is 11.9 Å². The molecule has 1 amide bonds. The maximum absolute atomic E-state index is 14.2. The third-order valence-corrected chi connectivity index (χ3v) is 12.3. The van der Waals surface area contributed by atoms with Crippen molar-refractivity contribution in [3.8, 4) is 5.75 Å². The van der Waals surface area contributed by atoms with Crippen LogP contribution >= 0.6 is 0 Å². The number of rotatable bonds is 11. The number of fused-ring (bicyclic) bond motifs is 3. The summed E-state index contributed by atoms with van der Waals surface area (Å²) >= 11 is 0. The van der Waals surface area contributed by atoms with E-state index in [9.17, 15) is 27.2 Å². The standard InChI is InChI=1S/C38H50F4N4O7/c1-3-4-13-29(30(47)22-49-34-32(41)27(39)19-28(40)33(34)42)46-21-31(44-45-46)36(14-6-5-7-15-36)43-35(48)50-26-12-9-16-37(20-26)51-38(53-52-37)23(2)17-24-10-8-11-25(38)18-24/h19,21,23-26,29H,3-18,20,22H2,1-2H3,(H,43,48). The summed E-state index contributed by atoms with van der Waals surface area (Å²) in [6.07, 6.45) is 13.9. The maximum Gasteiger partial charge on any atom is 0.408 e. The van der Waals surface area contributed by atoms with Crippen LogP contribution in [0.4, 0.5) is 22.4 Å². The Bertz CT molecular complexity index is 1630. The Balaban J connectivity index is 1.03. The van der Waals surface area contributed by atoms with Gasteiger partial charge >= 0.3 is 6.09 Å². The van der Waals surface area contributed by atoms with Crippen LogP contribution in [0.1, 0.15) is 135 Å². The van der Waals surface area contributed by atoms with Crippen LogP contribution in [0.2, 0.25) is 0 Å². The van der Waals surface area contributed by atoms with Crippen molar-refractivity contribution in [1.29, 1.82) is 0 Å². The fourth-order valence-corrected chi connectivity index (χ4v) is 9.54. The van der Waals surface area contributed by atoms with E-state index in [0.29, 0.717) is 56.6 Å². The van der Waals surface area contributed by atoms with E-state index in [1.807, 2.05) is 6.92 Å². The Labute approximate surface area is 306 Å². The Kier molecular flexibility index (Phi) is 11.1. The molecule has 2 bridgehead atoms. The number of benzene rings is 1. The average molecular weight is 751 g/mol. The maximum atomic E-state index is 14.2. The lowest BCUT2D eigenvalue weighted by Crippen LogP contribution is -2.54. The summed E-state index contributed by atoms with van der Waals surface area (Å²) in [5, 5.41) is 11.8. The van der Waals surface area contributed by atoms with Gasteiger partial charge in [0.2, 0.25) is 23.2 Å². The van der Waals surface area contributed by atoms with Crippen LogP contribution in [0, 0.1) is 41.0 Å². The highest BCUT2D eigenvalue weighted by molar-refractivity contribution is 5.84. The highest BCUT2D eigenvalue weighted by atomic mass is 19.2. The molecule has 53 heavy (non-hydrogen) atoms. The summed E-state index contributed by atoms with van der Waals surface area (Å²) in [4.78, 5) is 39.3. The normalized spacial score (nSPS) is 31.4. The van der Waals surface area contributed by atoms with Gasteiger partial charge in [0, 0.05) is 30.7 Å². The van der Waals surface area contributed by atoms with Gasteiger partial charge in [-0.15, -0.1) is 5.10 Å². The van der Waals surface area contributed by atoms with Crippen LogP contribution in [0.5, 0.6) is 5.75 Å². The van der Waals surface area contributed by atoms with Crippen molar-refractivity contribution in [3.05, 3.63) is 41.2 Å². The first-order valence-corrected chi connectivity index (χ1v) is 19.4. The quantitative estimate of drug-likeness (QED) is 0.137. The van der Waals surface area contributed by atoms with Gasteiger partial charge in [0.25, 0.3) is 0 Å². The molecule has 1 aliphatic heterocycles. The van der Waals surface area contributed by atoms with E-state index in [-0.39, 0.29) is 17.9 Å². The lowest BCUT2D eigenvalue weighted by atomic mass is 9.64. The van der Waals surface area contributed by atoms with E-state index in [0.717, 1.165) is 57.8 Å². The third kappa shape index (κ3) is 7.54. The smallest absolute Gasteiger partial charge is 0.408 e. The molecular weight excluding hydrogens is 700 g/mol. The minimum absolute atomic E-state index is 0.0696. The lowest BCUT2D eigenvalue weighted by molar-refractivity contribution is -0.380. The molecule has 0 radical (unpaired) electrons. The zero-order valence-corrected chi connectivity index (χ0v) is 30.5. The topological polar surface area (TPSA) is 123 Å². The molecule has 2 aromatic rings. The molecule has 1 N–H and O–H groups in total. The van der Waals surface area contributed by atoms with Crippen molar-refractivity contribution in [2.45, 2.75) is 152 Å². The molecule has 5 fully saturated rings. The van der Waals surface area contributed by atoms with Crippen LogP contribution in [0.15, 0.2) is 12.3 Å². The van der Waals surface area contributed by atoms with Gasteiger partial charge in [0.1, 0.15) is 24.4 Å². The number of ether oxygens (including phenoxy) is 3. The molecule has 4 saturated carbocycles. The molecule has 4 aliphatic carbocycles. The molecule has 15 heteroatoms. The summed E-state index contributed by atoms with van der Waals surface area (Å²) in [6.45, 7) is 3.26. The number of hydrogen-bond acceptors (Lipinski definition) is 9. The Morgan fingerprint density at radius 3 is 2.53 bits per heavy atom. The van der Waals surface area contributed by atoms with Crippen molar-refractivity contribution in [3.63, 3.8) is 0 Å². The molecule has 5 aliphatic rings. The van der Waals surface area contributed by atoms with Gasteiger partial charge in [-0.1, -0.05) is 64.0 Å². The van der Waals surface area contributed by atoms with Crippen molar-refractivity contribution < 1.29 is 51.1 Å². The predicted octanol–water partition coefficient (Wildman–Crippen LogP) is 8.26. The molecule has 7 rings (SSSR count). The average Bonchev–Trinajstić information content (AvgIpc) is 3.78. The molecular formula is C38H50F4N4O7. The first-order chi connectivity index (χ1) is 25.5. The predicted molar refractivity (Wildman–Crippen MR) is 180 cm³/mol. The molecule has 292 valence electrons. The highest BCUT2D eigenvalue weighted by Gasteiger charge is 2.63. The fourth-order valence-electron chi connectivity index (χ4n) is 9.54. The van der Waals surface area contributed by atoms with Crippen LogP contribution in [-0.2, 0) is 29.6 Å². The Morgan fingerprint density at radius 1 is 1.00 bits per heavy atom. The van der Waals surface area contributed by atoms with E-state index in [2.05, 4.69) is 22.6 Å². The van der Waals surface area contributed by atoms with Gasteiger partial charge in [-0.2, -0.15) is 18.6 Å². The molecule has 1 aromatic heterocycles. The molecule has 1 saturated heterocycles. The Hall–Kier alpha value is -3.30. The van der Waals surface area contributed by atoms with Crippen molar-refractivity contribution in [2.75, 3.05) is 6.61 Å². The molecule has 2 heterocycles. The molecule has 2 spiro atoms. The minimum Gasteiger partial charge on any atom is -0.479 e. The van der Waals surface area contributed by atoms with E-state index >= 15 is 0 Å². The number of unbranched alkanes of at least 4 members (excludes halogenated alkanes) is 1. The van der Waals surface area contributed by atoms with E-state index in [1.54, 1.807) is 6.20 Å². The number of nitrogens with zero attached hydrogens (tertiary/aromatic N) is 3. The molecule has 1 aromatic carbocycles. The van der Waals surface area contributed by atoms with Crippen LogP contribution < -0.4 is 10.1 Å². The number of amides is 1. The molecule has 11 nitrogen and oxygen atoms in total. The van der Waals surface area contributed by atoms with E-state index in [1.165, 1.54) is 11.1 Å². The zero-order chi connectivity index (χ0) is 37.4. The number of carbonyl (C=O) groups excluding carboxylic acids is 2. The zero-order valence-electron chi connectivity index (χ0n) is 30.5. The minimum atomic E-state index is -1.73. The molecule has 7 atom stereocenters. The number of hydrogen-bond donors (Lipinski definition) is 1. The number of aromatic nitrogens is 3. The number of halogens is 4. The van der Waals surface area contributed by atoms with Gasteiger partial charge < -0.3 is 19.5 Å². The second-order valence-electron chi connectivity index (χ2n) is 16.0. The summed E-state index contributed by atoms with van der Waals surface area (Å²) in [5.74, 6) is -9.23. The fraction of sp³-hybridized carbons (Fsp3) is 0.737. The van der Waals surface area contributed by atoms with Crippen LogP contribution in [-0.4, -0.2) is 51.2 Å². The summed E-state index contributed by atoms with van der Waals surface area (Å²) in [6, 6.07) is -0.879. The van der Waals surface area contributed by atoms with Crippen molar-refractivity contribution in [2.24, 2.45) is 17.8 Å². The number of alkyl carbamates (subject to hydrolysis) is 1. The third-order valence-electron chi connectivity index (χ3n) is 12.3. The van der Waals surface area contributed by atoms with Gasteiger partial charge in [-0.25, -0.2) is 18.3 Å². The number of nitrogens with one attached hydrogen (secondary N) is 1. The van der Waals surface area contributed by atoms with Gasteiger partial charge in [0.15, 0.2) is 23.2 Å². The summed E-state index contributed by atoms with van der Waals surface area (Å²) in [5.41, 5.74) is -0.466. The largest absolute Gasteiger partial charge is 0.479 e. The lowest BCUT2D eigenvalue weighted by Gasteiger charge is -2.49. The van der Waals surface area contributed by atoms with E-state index in [4.69, 9.17) is 24.0 Å². The number of carbonyl (C=O) groups is 2. The van der Waals surface area contributed by atoms with Gasteiger partial charge in [-0.05, 0) is 57.3 Å². The van der Waals surface area contributed by atoms with Crippen LogP contribution in [0.25, 0.3) is 0 Å². The first-order valence-electron chi connectivity index (χ1n) is 19.4. The van der Waals surface area contributed by atoms with Crippen LogP contribution in [0.3, 0.4) is 0 Å². The Morgan fingerprint density at radius 2 is 1.77 bits per heavy atom. The second-order valence-corrected chi connectivity index (χ2v) is 16.0. The van der Waals surface area contributed by atoms with Gasteiger partial charge in [-0.3, -0.25) is 4.79 Å². The first kappa shape index (κ1) is 38.0. The SMILES string of the molecule is CCCCC(C(=O)COc1c(F)c(F)cc(F)c1F)n1cc(C2(NC(=O)OC3CCCC4(C3)OOC3(O4)C(C)CC4CCCC3C4)CCCCC2)nn1. The van der Waals surface area contributed by atoms with Gasteiger partial charge in [0.05, 0.1) is 11.7 Å². The number of ketones is 1. The van der Waals surface area contributed by atoms with Crippen molar-refractivity contribution in [1.82, 2.24) is 20.3 Å². The second kappa shape index (κ2) is 15.4. The molecule has 7 unspecified atom stereocenters. The van der Waals surface area contributed by atoms with E-state index < -0.39 is 76.8 Å². The summed E-state index contributed by atoms with van der Waals surface area (Å²) in [7, 11) is 0.